The maximum Gasteiger partial charge on any atom is 0.142 e. The number of halogens is 2. The van der Waals surface area contributed by atoms with Crippen molar-refractivity contribution in [2.45, 2.75) is 16.5 Å². The van der Waals surface area contributed by atoms with Crippen LogP contribution in [0.25, 0.3) is 0 Å². The van der Waals surface area contributed by atoms with E-state index in [1.807, 2.05) is 48.5 Å². The van der Waals surface area contributed by atoms with Crippen LogP contribution in [0.1, 0.15) is 11.1 Å². The smallest absolute Gasteiger partial charge is 0.142 e. The summed E-state index contributed by atoms with van der Waals surface area (Å²) < 4.78 is 0. The molecule has 0 spiro atoms. The third-order valence-corrected chi connectivity index (χ3v) is 5.02. The van der Waals surface area contributed by atoms with E-state index in [2.05, 4.69) is 10.1 Å². The van der Waals surface area contributed by atoms with Gasteiger partial charge in [-0.15, -0.1) is 0 Å². The summed E-state index contributed by atoms with van der Waals surface area (Å²) >= 11 is 13.5. The van der Waals surface area contributed by atoms with Gasteiger partial charge < -0.3 is 4.84 Å². The average Bonchev–Trinajstić information content (AvgIpc) is 2.64. The van der Waals surface area contributed by atoms with Gasteiger partial charge in [-0.05, 0) is 42.0 Å². The van der Waals surface area contributed by atoms with Crippen LogP contribution in [0.15, 0.2) is 81.9 Å². The summed E-state index contributed by atoms with van der Waals surface area (Å²) in [5, 5.41) is 5.93. The molecule has 1 heterocycles. The summed E-state index contributed by atoms with van der Waals surface area (Å²) in [5.74, 6) is 0. The van der Waals surface area contributed by atoms with E-state index in [1.54, 1.807) is 36.3 Å². The number of hydrogen-bond acceptors (Lipinski definition) is 4. The fraction of sp³-hybridized carbons (Fsp3) is 0.0526. The van der Waals surface area contributed by atoms with Gasteiger partial charge in [0.1, 0.15) is 11.6 Å². The van der Waals surface area contributed by atoms with Crippen molar-refractivity contribution in [2.75, 3.05) is 0 Å². The lowest BCUT2D eigenvalue weighted by molar-refractivity contribution is 0.132. The van der Waals surface area contributed by atoms with Crippen LogP contribution in [0.5, 0.6) is 0 Å². The van der Waals surface area contributed by atoms with Crippen molar-refractivity contribution in [3.63, 3.8) is 0 Å². The molecule has 0 amide bonds. The van der Waals surface area contributed by atoms with E-state index in [-0.39, 0.29) is 0 Å². The monoisotopic (exact) mass is 388 g/mol. The molecule has 3 aromatic rings. The zero-order chi connectivity index (χ0) is 17.5. The van der Waals surface area contributed by atoms with Gasteiger partial charge in [0, 0.05) is 16.7 Å². The van der Waals surface area contributed by atoms with Gasteiger partial charge in [0.15, 0.2) is 0 Å². The van der Waals surface area contributed by atoms with E-state index in [4.69, 9.17) is 28.0 Å². The third kappa shape index (κ3) is 5.23. The molecule has 0 aliphatic rings. The van der Waals surface area contributed by atoms with Crippen molar-refractivity contribution in [1.29, 1.82) is 0 Å². The number of benzene rings is 2. The molecule has 3 nitrogen and oxygen atoms in total. The second kappa shape index (κ2) is 8.90. The van der Waals surface area contributed by atoms with Crippen molar-refractivity contribution in [3.8, 4) is 0 Å². The minimum atomic E-state index is 0.314. The Morgan fingerprint density at radius 3 is 2.64 bits per heavy atom. The van der Waals surface area contributed by atoms with E-state index in [1.165, 1.54) is 0 Å². The lowest BCUT2D eigenvalue weighted by Gasteiger charge is -2.04. The second-order valence-corrected chi connectivity index (χ2v) is 6.95. The molecule has 0 radical (unpaired) electrons. The molecule has 2 aromatic carbocycles. The molecule has 0 bridgehead atoms. The van der Waals surface area contributed by atoms with Gasteiger partial charge in [-0.1, -0.05) is 64.4 Å². The highest BCUT2D eigenvalue weighted by atomic mass is 35.5. The van der Waals surface area contributed by atoms with Gasteiger partial charge in [-0.25, -0.2) is 4.98 Å². The molecule has 0 saturated heterocycles. The summed E-state index contributed by atoms with van der Waals surface area (Å²) in [6, 6.07) is 19.2. The van der Waals surface area contributed by atoms with Crippen molar-refractivity contribution < 1.29 is 4.84 Å². The summed E-state index contributed by atoms with van der Waals surface area (Å²) in [6.45, 7) is 0.314. The largest absolute Gasteiger partial charge is 0.391 e. The maximum absolute atomic E-state index is 5.98. The molecular formula is C19H14Cl2N2OS. The van der Waals surface area contributed by atoms with Crippen molar-refractivity contribution in [2.24, 2.45) is 5.16 Å². The van der Waals surface area contributed by atoms with E-state index >= 15 is 0 Å². The standard InChI is InChI=1S/C19H14Cl2N2OS/c20-17-9-8-14(11-18(17)21)13-24-23-12-15-5-4-10-22-19(15)25-16-6-2-1-3-7-16/h1-12H,13H2/b23-12-. The SMILES string of the molecule is Clc1ccc(CO/N=C\c2cccnc2Sc2ccccc2)cc1Cl. The van der Waals surface area contributed by atoms with E-state index in [9.17, 15) is 0 Å². The van der Waals surface area contributed by atoms with Gasteiger partial charge in [0.05, 0.1) is 16.3 Å². The molecular weight excluding hydrogens is 375 g/mol. The molecule has 0 aliphatic carbocycles. The average molecular weight is 389 g/mol. The Morgan fingerprint density at radius 1 is 1.00 bits per heavy atom. The Morgan fingerprint density at radius 2 is 1.84 bits per heavy atom. The molecule has 0 saturated carbocycles. The Bertz CT molecular complexity index is 872. The van der Waals surface area contributed by atoms with Gasteiger partial charge >= 0.3 is 0 Å². The van der Waals surface area contributed by atoms with E-state index in [0.29, 0.717) is 16.7 Å². The quantitative estimate of drug-likeness (QED) is 0.378. The summed E-state index contributed by atoms with van der Waals surface area (Å²) in [6.07, 6.45) is 3.43. The van der Waals surface area contributed by atoms with Crippen LogP contribution in [-0.4, -0.2) is 11.2 Å². The molecule has 126 valence electrons. The Labute approximate surface area is 160 Å². The number of oxime groups is 1. The second-order valence-electron chi connectivity index (χ2n) is 5.07. The molecule has 1 aromatic heterocycles. The highest BCUT2D eigenvalue weighted by Crippen LogP contribution is 2.27. The van der Waals surface area contributed by atoms with Crippen LogP contribution in [0.2, 0.25) is 10.0 Å². The molecule has 6 heteroatoms. The van der Waals surface area contributed by atoms with Gasteiger partial charge in [-0.2, -0.15) is 0 Å². The van der Waals surface area contributed by atoms with Crippen LogP contribution >= 0.6 is 35.0 Å². The summed E-state index contributed by atoms with van der Waals surface area (Å²) in [5.41, 5.74) is 1.79. The molecule has 0 fully saturated rings. The number of aromatic nitrogens is 1. The van der Waals surface area contributed by atoms with Crippen molar-refractivity contribution in [3.05, 3.63) is 88.0 Å². The maximum atomic E-state index is 5.98. The van der Waals surface area contributed by atoms with Crippen LogP contribution in [-0.2, 0) is 11.4 Å². The lowest BCUT2D eigenvalue weighted by atomic mass is 10.2. The van der Waals surface area contributed by atoms with Crippen molar-refractivity contribution in [1.82, 2.24) is 4.98 Å². The lowest BCUT2D eigenvalue weighted by Crippen LogP contribution is -1.92. The number of rotatable bonds is 6. The predicted octanol–water partition coefficient (Wildman–Crippen LogP) is 6.09. The minimum Gasteiger partial charge on any atom is -0.391 e. The highest BCUT2D eigenvalue weighted by molar-refractivity contribution is 7.99. The van der Waals surface area contributed by atoms with E-state index < -0.39 is 0 Å². The first-order valence-corrected chi connectivity index (χ1v) is 9.07. The van der Waals surface area contributed by atoms with Crippen LogP contribution in [0.3, 0.4) is 0 Å². The van der Waals surface area contributed by atoms with Crippen LogP contribution in [0.4, 0.5) is 0 Å². The van der Waals surface area contributed by atoms with Gasteiger partial charge in [0.25, 0.3) is 0 Å². The fourth-order valence-electron chi connectivity index (χ4n) is 2.02. The number of nitrogens with zero attached hydrogens (tertiary/aromatic N) is 2. The number of pyridine rings is 1. The topological polar surface area (TPSA) is 34.5 Å². The first-order valence-electron chi connectivity index (χ1n) is 7.49. The Balaban J connectivity index is 1.64. The Hall–Kier alpha value is -2.01. The zero-order valence-electron chi connectivity index (χ0n) is 13.1. The zero-order valence-corrected chi connectivity index (χ0v) is 15.4. The molecule has 0 atom stereocenters. The van der Waals surface area contributed by atoms with Crippen molar-refractivity contribution >= 4 is 41.2 Å². The molecule has 0 N–H and O–H groups in total. The van der Waals surface area contributed by atoms with E-state index in [0.717, 1.165) is 21.0 Å². The normalized spacial score (nSPS) is 11.0. The van der Waals surface area contributed by atoms with Crippen LogP contribution < -0.4 is 0 Å². The predicted molar refractivity (Wildman–Crippen MR) is 104 cm³/mol. The van der Waals surface area contributed by atoms with Gasteiger partial charge in [0.2, 0.25) is 0 Å². The highest BCUT2D eigenvalue weighted by Gasteiger charge is 2.04. The first kappa shape index (κ1) is 17.8. The Kier molecular flexibility index (Phi) is 6.34. The molecule has 25 heavy (non-hydrogen) atoms. The molecule has 3 rings (SSSR count). The third-order valence-electron chi connectivity index (χ3n) is 3.24. The first-order chi connectivity index (χ1) is 12.2. The summed E-state index contributed by atoms with van der Waals surface area (Å²) in [4.78, 5) is 10.9. The summed E-state index contributed by atoms with van der Waals surface area (Å²) in [7, 11) is 0. The van der Waals surface area contributed by atoms with Crippen LogP contribution in [0, 0.1) is 0 Å². The number of hydrogen-bond donors (Lipinski definition) is 0. The molecule has 0 aliphatic heterocycles. The minimum absolute atomic E-state index is 0.314. The van der Waals surface area contributed by atoms with Gasteiger partial charge in [-0.3, -0.25) is 0 Å². The molecule has 0 unspecified atom stereocenters. The fourth-order valence-corrected chi connectivity index (χ4v) is 3.21.